The van der Waals surface area contributed by atoms with Crippen LogP contribution in [0.25, 0.3) is 0 Å². The van der Waals surface area contributed by atoms with Crippen LogP contribution in [0.1, 0.15) is 19.3 Å². The number of hydrogen-bond donors (Lipinski definition) is 0. The molecule has 0 aromatic heterocycles. The van der Waals surface area contributed by atoms with Crippen LogP contribution in [0.15, 0.2) is 47.5 Å². The Bertz CT molecular complexity index is 751. The first-order chi connectivity index (χ1) is 11.1. The minimum Gasteiger partial charge on any atom is -0.457 e. The van der Waals surface area contributed by atoms with E-state index in [1.165, 1.54) is 43.2 Å². The number of ketones is 3. The van der Waals surface area contributed by atoms with Gasteiger partial charge in [0.05, 0.1) is 0 Å². The predicted octanol–water partition coefficient (Wildman–Crippen LogP) is 2.28. The first-order valence-corrected chi connectivity index (χ1v) is 8.25. The Balaban J connectivity index is 1.39. The maximum Gasteiger partial charge on any atom is 0.268 e. The Hall–Kier alpha value is -2.23. The Morgan fingerprint density at radius 2 is 1.70 bits per heavy atom. The molecule has 4 fully saturated rings. The van der Waals surface area contributed by atoms with Gasteiger partial charge >= 0.3 is 0 Å². The summed E-state index contributed by atoms with van der Waals surface area (Å²) >= 11 is 0. The molecule has 5 aliphatic carbocycles. The third kappa shape index (κ3) is 1.94. The normalized spacial score (nSPS) is 39.9. The second-order valence-corrected chi connectivity index (χ2v) is 7.20. The third-order valence-corrected chi connectivity index (χ3v) is 5.99. The smallest absolute Gasteiger partial charge is 0.268 e. The van der Waals surface area contributed by atoms with Gasteiger partial charge in [-0.15, -0.1) is 0 Å². The third-order valence-electron chi connectivity index (χ3n) is 5.99. The van der Waals surface area contributed by atoms with E-state index in [0.29, 0.717) is 17.3 Å². The fourth-order valence-corrected chi connectivity index (χ4v) is 4.77. The molecule has 2 bridgehead atoms. The zero-order valence-electron chi connectivity index (χ0n) is 12.5. The van der Waals surface area contributed by atoms with Crippen LogP contribution in [0.3, 0.4) is 0 Å². The molecule has 23 heavy (non-hydrogen) atoms. The molecule has 0 saturated heterocycles. The maximum atomic E-state index is 12.1. The van der Waals surface area contributed by atoms with Crippen LogP contribution in [0, 0.1) is 29.6 Å². The van der Waals surface area contributed by atoms with Crippen LogP contribution in [-0.2, 0) is 19.1 Å². The Kier molecular flexibility index (Phi) is 2.53. The Labute approximate surface area is 133 Å². The highest BCUT2D eigenvalue weighted by atomic mass is 16.5. The van der Waals surface area contributed by atoms with Crippen LogP contribution >= 0.6 is 0 Å². The van der Waals surface area contributed by atoms with Gasteiger partial charge in [0.25, 0.3) is 5.78 Å². The molecule has 0 aromatic rings. The van der Waals surface area contributed by atoms with Crippen LogP contribution in [0.5, 0.6) is 0 Å². The summed E-state index contributed by atoms with van der Waals surface area (Å²) in [6.45, 7) is 0. The van der Waals surface area contributed by atoms with Gasteiger partial charge in [-0.2, -0.15) is 0 Å². The summed E-state index contributed by atoms with van der Waals surface area (Å²) in [5.41, 5.74) is 0.492. The summed E-state index contributed by atoms with van der Waals surface area (Å²) in [6.07, 6.45) is 10.4. The number of fused-ring (bicyclic) bond motifs is 2. The fourth-order valence-electron chi connectivity index (χ4n) is 4.77. The lowest BCUT2D eigenvalue weighted by Gasteiger charge is -2.30. The molecular formula is C19H16O4. The van der Waals surface area contributed by atoms with Crippen molar-refractivity contribution in [2.24, 2.45) is 29.6 Å². The van der Waals surface area contributed by atoms with Gasteiger partial charge < -0.3 is 4.74 Å². The van der Waals surface area contributed by atoms with E-state index < -0.39 is 11.6 Å². The summed E-state index contributed by atoms with van der Waals surface area (Å²) < 4.78 is 5.78. The van der Waals surface area contributed by atoms with Crippen molar-refractivity contribution in [3.8, 4) is 0 Å². The lowest BCUT2D eigenvalue weighted by atomic mass is 9.77. The quantitative estimate of drug-likeness (QED) is 0.580. The summed E-state index contributed by atoms with van der Waals surface area (Å²) in [4.78, 5) is 35.3. The first-order valence-electron chi connectivity index (χ1n) is 8.25. The SMILES string of the molecule is O=C1C=CC(=C2OC(CC3CCC4C5C3C45)=CC(=O)C2=O)C=C1. The van der Waals surface area contributed by atoms with E-state index in [1.54, 1.807) is 0 Å². The van der Waals surface area contributed by atoms with Crippen molar-refractivity contribution in [2.45, 2.75) is 19.3 Å². The molecule has 0 aromatic carbocycles. The van der Waals surface area contributed by atoms with E-state index >= 15 is 0 Å². The van der Waals surface area contributed by atoms with Crippen molar-refractivity contribution in [1.29, 1.82) is 0 Å². The summed E-state index contributed by atoms with van der Waals surface area (Å²) in [6, 6.07) is 0. The molecule has 4 saturated carbocycles. The molecule has 1 aliphatic heterocycles. The first kappa shape index (κ1) is 13.2. The average Bonchev–Trinajstić information content (AvgIpc) is 3.44. The van der Waals surface area contributed by atoms with E-state index in [-0.39, 0.29) is 11.5 Å². The van der Waals surface area contributed by atoms with E-state index in [2.05, 4.69) is 0 Å². The molecule has 4 nitrogen and oxygen atoms in total. The lowest BCUT2D eigenvalue weighted by Crippen LogP contribution is -2.26. The molecule has 0 spiro atoms. The van der Waals surface area contributed by atoms with Gasteiger partial charge in [-0.1, -0.05) is 0 Å². The second kappa shape index (κ2) is 4.40. The number of Topliss-reactive ketones (excluding diaryl/α,β-unsaturated/α-hetero) is 1. The molecule has 4 heteroatoms. The molecule has 0 amide bonds. The van der Waals surface area contributed by atoms with E-state index in [9.17, 15) is 14.4 Å². The number of allylic oxidation sites excluding steroid dienone is 8. The minimum absolute atomic E-state index is 0.0575. The summed E-state index contributed by atoms with van der Waals surface area (Å²) in [5.74, 6) is 3.67. The van der Waals surface area contributed by atoms with Crippen molar-refractivity contribution in [2.75, 3.05) is 0 Å². The van der Waals surface area contributed by atoms with Crippen LogP contribution < -0.4 is 0 Å². The highest BCUT2D eigenvalue weighted by Crippen LogP contribution is 2.80. The standard InChI is InChI=1S/C19H16O4/c20-11-4-1-9(2-5-11)19-18(22)14(21)8-12(23-19)7-10-3-6-13-16-15(10)17(13)16/h1-2,4-5,8,10,13,15-17H,3,6-7H2. The van der Waals surface area contributed by atoms with Gasteiger partial charge in [0.2, 0.25) is 5.78 Å². The zero-order valence-corrected chi connectivity index (χ0v) is 12.5. The maximum absolute atomic E-state index is 12.1. The zero-order chi connectivity index (χ0) is 15.7. The molecule has 6 aliphatic rings. The van der Waals surface area contributed by atoms with Gasteiger partial charge in [0.15, 0.2) is 11.5 Å². The van der Waals surface area contributed by atoms with E-state index in [0.717, 1.165) is 30.1 Å². The number of carbonyl (C=O) groups excluding carboxylic acids is 3. The Morgan fingerprint density at radius 1 is 0.957 bits per heavy atom. The molecule has 3 unspecified atom stereocenters. The van der Waals surface area contributed by atoms with E-state index in [4.69, 9.17) is 4.74 Å². The molecular weight excluding hydrogens is 292 g/mol. The molecule has 0 radical (unpaired) electrons. The molecule has 3 atom stereocenters. The molecule has 116 valence electrons. The van der Waals surface area contributed by atoms with Crippen molar-refractivity contribution in [3.63, 3.8) is 0 Å². The van der Waals surface area contributed by atoms with Crippen molar-refractivity contribution in [1.82, 2.24) is 0 Å². The predicted molar refractivity (Wildman–Crippen MR) is 80.8 cm³/mol. The monoisotopic (exact) mass is 308 g/mol. The van der Waals surface area contributed by atoms with Crippen LogP contribution in [-0.4, -0.2) is 17.3 Å². The molecule has 0 N–H and O–H groups in total. The highest BCUT2D eigenvalue weighted by Gasteiger charge is 2.76. The van der Waals surface area contributed by atoms with Crippen LogP contribution in [0.2, 0.25) is 0 Å². The van der Waals surface area contributed by atoms with Gasteiger partial charge in [0, 0.05) is 18.1 Å². The van der Waals surface area contributed by atoms with Crippen molar-refractivity contribution >= 4 is 17.3 Å². The van der Waals surface area contributed by atoms with Gasteiger partial charge in [0.1, 0.15) is 5.76 Å². The number of rotatable bonds is 2. The topological polar surface area (TPSA) is 60.4 Å². The van der Waals surface area contributed by atoms with Gasteiger partial charge in [-0.3, -0.25) is 14.4 Å². The van der Waals surface area contributed by atoms with Crippen molar-refractivity contribution in [3.05, 3.63) is 47.5 Å². The van der Waals surface area contributed by atoms with Crippen molar-refractivity contribution < 1.29 is 19.1 Å². The highest BCUT2D eigenvalue weighted by molar-refractivity contribution is 6.47. The largest absolute Gasteiger partial charge is 0.457 e. The fraction of sp³-hybridized carbons (Fsp3) is 0.421. The number of ether oxygens (including phenoxy) is 1. The summed E-state index contributed by atoms with van der Waals surface area (Å²) in [5, 5.41) is 0. The molecule has 1 heterocycles. The minimum atomic E-state index is -0.634. The number of carbonyl (C=O) groups is 3. The van der Waals surface area contributed by atoms with Gasteiger partial charge in [-0.05, 0) is 66.7 Å². The van der Waals surface area contributed by atoms with Gasteiger partial charge in [-0.25, -0.2) is 0 Å². The average molecular weight is 308 g/mol. The molecule has 6 rings (SSSR count). The van der Waals surface area contributed by atoms with E-state index in [1.807, 2.05) is 0 Å². The summed E-state index contributed by atoms with van der Waals surface area (Å²) in [7, 11) is 0. The van der Waals surface area contributed by atoms with Crippen LogP contribution in [0.4, 0.5) is 0 Å². The lowest BCUT2D eigenvalue weighted by molar-refractivity contribution is -0.134. The Morgan fingerprint density at radius 3 is 2.39 bits per heavy atom. The second-order valence-electron chi connectivity index (χ2n) is 7.20. The number of hydrogen-bond acceptors (Lipinski definition) is 4.